The summed E-state index contributed by atoms with van der Waals surface area (Å²) in [5.74, 6) is 0.816. The van der Waals surface area contributed by atoms with Crippen molar-refractivity contribution in [2.45, 2.75) is 25.7 Å². The second-order valence-corrected chi connectivity index (χ2v) is 8.94. The first kappa shape index (κ1) is 23.4. The standard InChI is InChI=1S/C21H25N3O3S.BrH/c1-4-23-7-9-24(10-8-23)28(25,26)21-14-18(15-22)5-6-20(21)27-19-12-16(2)11-17(3)13-19;/h5-6,11-14H,4,7-10H2,1-3H3;1H. The SMILES string of the molecule is Br.CCN1CCN(S(=O)(=O)c2cc(C#N)ccc2Oc2cc(C)cc(C)c2)CC1. The summed E-state index contributed by atoms with van der Waals surface area (Å²) in [6.07, 6.45) is 0. The van der Waals surface area contributed by atoms with Gasteiger partial charge in [-0.25, -0.2) is 8.42 Å². The van der Waals surface area contributed by atoms with Crippen molar-refractivity contribution in [2.24, 2.45) is 0 Å². The predicted octanol–water partition coefficient (Wildman–Crippen LogP) is 3.87. The Morgan fingerprint density at radius 1 is 1.03 bits per heavy atom. The molecule has 0 bridgehead atoms. The number of hydrogen-bond donors (Lipinski definition) is 0. The predicted molar refractivity (Wildman–Crippen MR) is 118 cm³/mol. The van der Waals surface area contributed by atoms with Crippen molar-refractivity contribution in [2.75, 3.05) is 32.7 Å². The van der Waals surface area contributed by atoms with E-state index in [1.165, 1.54) is 10.4 Å². The molecular formula is C21H26BrN3O3S. The molecule has 0 spiro atoms. The molecule has 0 radical (unpaired) electrons. The van der Waals surface area contributed by atoms with Gasteiger partial charge in [0, 0.05) is 26.2 Å². The molecule has 0 atom stereocenters. The Morgan fingerprint density at radius 2 is 1.66 bits per heavy atom. The number of ether oxygens (including phenoxy) is 1. The lowest BCUT2D eigenvalue weighted by atomic mass is 10.1. The minimum absolute atomic E-state index is 0. The van der Waals surface area contributed by atoms with E-state index in [2.05, 4.69) is 11.8 Å². The Balaban J connectivity index is 0.00000300. The van der Waals surface area contributed by atoms with Gasteiger partial charge in [0.05, 0.1) is 11.6 Å². The van der Waals surface area contributed by atoms with Gasteiger partial charge in [0.1, 0.15) is 16.4 Å². The van der Waals surface area contributed by atoms with Gasteiger partial charge in [0.2, 0.25) is 10.0 Å². The molecule has 29 heavy (non-hydrogen) atoms. The third kappa shape index (κ3) is 5.37. The second-order valence-electron chi connectivity index (χ2n) is 7.04. The van der Waals surface area contributed by atoms with E-state index in [0.29, 0.717) is 37.5 Å². The number of piperazine rings is 1. The summed E-state index contributed by atoms with van der Waals surface area (Å²) in [6.45, 7) is 9.13. The Morgan fingerprint density at radius 3 is 2.21 bits per heavy atom. The number of rotatable bonds is 5. The molecule has 0 amide bonds. The van der Waals surface area contributed by atoms with Crippen LogP contribution < -0.4 is 4.74 Å². The van der Waals surface area contributed by atoms with Crippen molar-refractivity contribution in [3.63, 3.8) is 0 Å². The van der Waals surface area contributed by atoms with Gasteiger partial charge in [-0.05, 0) is 61.9 Å². The quantitative estimate of drug-likeness (QED) is 0.650. The Bertz CT molecular complexity index is 990. The molecule has 0 N–H and O–H groups in total. The fourth-order valence-corrected chi connectivity index (χ4v) is 4.97. The van der Waals surface area contributed by atoms with Crippen molar-refractivity contribution in [3.8, 4) is 17.6 Å². The summed E-state index contributed by atoms with van der Waals surface area (Å²) in [4.78, 5) is 2.25. The summed E-state index contributed by atoms with van der Waals surface area (Å²) in [7, 11) is -3.77. The Kier molecular flexibility index (Phi) is 7.83. The highest BCUT2D eigenvalue weighted by atomic mass is 79.9. The Hall–Kier alpha value is -1.92. The van der Waals surface area contributed by atoms with Gasteiger partial charge in [-0.3, -0.25) is 0 Å². The third-order valence-electron chi connectivity index (χ3n) is 4.89. The number of nitriles is 1. The summed E-state index contributed by atoms with van der Waals surface area (Å²) in [6, 6.07) is 12.3. The minimum Gasteiger partial charge on any atom is -0.456 e. The zero-order valence-corrected chi connectivity index (χ0v) is 19.4. The fraction of sp³-hybridized carbons (Fsp3) is 0.381. The van der Waals surface area contributed by atoms with E-state index < -0.39 is 10.0 Å². The number of likely N-dealkylation sites (N-methyl/N-ethyl adjacent to an activating group) is 1. The van der Waals surface area contributed by atoms with Crippen LogP contribution in [0.5, 0.6) is 11.5 Å². The van der Waals surface area contributed by atoms with Gasteiger partial charge < -0.3 is 9.64 Å². The maximum absolute atomic E-state index is 13.3. The molecule has 0 aliphatic carbocycles. The minimum atomic E-state index is -3.77. The van der Waals surface area contributed by atoms with Crippen LogP contribution in [0.2, 0.25) is 0 Å². The van der Waals surface area contributed by atoms with E-state index >= 15 is 0 Å². The van der Waals surface area contributed by atoms with E-state index in [1.54, 1.807) is 12.1 Å². The average Bonchev–Trinajstić information content (AvgIpc) is 2.67. The van der Waals surface area contributed by atoms with Gasteiger partial charge in [0.15, 0.2) is 0 Å². The number of halogens is 1. The lowest BCUT2D eigenvalue weighted by Gasteiger charge is -2.33. The van der Waals surface area contributed by atoms with Crippen molar-refractivity contribution in [1.82, 2.24) is 9.21 Å². The van der Waals surface area contributed by atoms with Gasteiger partial charge in [-0.2, -0.15) is 9.57 Å². The molecular weight excluding hydrogens is 454 g/mol. The van der Waals surface area contributed by atoms with Crippen LogP contribution in [0.4, 0.5) is 0 Å². The van der Waals surface area contributed by atoms with Crippen LogP contribution in [0.3, 0.4) is 0 Å². The highest BCUT2D eigenvalue weighted by molar-refractivity contribution is 8.93. The van der Waals surface area contributed by atoms with E-state index in [-0.39, 0.29) is 27.6 Å². The van der Waals surface area contributed by atoms with Crippen LogP contribution in [-0.4, -0.2) is 50.3 Å². The molecule has 1 aliphatic rings. The van der Waals surface area contributed by atoms with Crippen molar-refractivity contribution >= 4 is 27.0 Å². The van der Waals surface area contributed by atoms with Crippen molar-refractivity contribution in [3.05, 3.63) is 53.1 Å². The van der Waals surface area contributed by atoms with E-state index in [9.17, 15) is 13.7 Å². The van der Waals surface area contributed by atoms with Crippen LogP contribution in [0, 0.1) is 25.2 Å². The molecule has 2 aromatic rings. The summed E-state index contributed by atoms with van der Waals surface area (Å²) in [5.41, 5.74) is 2.35. The number of benzene rings is 2. The largest absolute Gasteiger partial charge is 0.456 e. The zero-order valence-electron chi connectivity index (χ0n) is 16.9. The topological polar surface area (TPSA) is 73.6 Å². The van der Waals surface area contributed by atoms with Gasteiger partial charge in [-0.1, -0.05) is 13.0 Å². The highest BCUT2D eigenvalue weighted by Crippen LogP contribution is 2.33. The van der Waals surface area contributed by atoms with E-state index in [4.69, 9.17) is 4.74 Å². The van der Waals surface area contributed by atoms with E-state index in [1.807, 2.05) is 38.1 Å². The molecule has 0 unspecified atom stereocenters. The molecule has 0 aromatic heterocycles. The average molecular weight is 480 g/mol. The van der Waals surface area contributed by atoms with Gasteiger partial charge >= 0.3 is 0 Å². The normalized spacial score (nSPS) is 15.4. The summed E-state index contributed by atoms with van der Waals surface area (Å²) >= 11 is 0. The molecule has 1 aliphatic heterocycles. The van der Waals surface area contributed by atoms with Crippen molar-refractivity contribution in [1.29, 1.82) is 5.26 Å². The fourth-order valence-electron chi connectivity index (χ4n) is 3.41. The van der Waals surface area contributed by atoms with Gasteiger partial charge in [0.25, 0.3) is 0 Å². The number of nitrogens with zero attached hydrogens (tertiary/aromatic N) is 3. The van der Waals surface area contributed by atoms with Crippen LogP contribution in [0.25, 0.3) is 0 Å². The number of aryl methyl sites for hydroxylation is 2. The maximum Gasteiger partial charge on any atom is 0.246 e. The molecule has 6 nitrogen and oxygen atoms in total. The highest BCUT2D eigenvalue weighted by Gasteiger charge is 2.31. The van der Waals surface area contributed by atoms with Crippen LogP contribution in [0.1, 0.15) is 23.6 Å². The lowest BCUT2D eigenvalue weighted by Crippen LogP contribution is -2.48. The molecule has 2 aromatic carbocycles. The van der Waals surface area contributed by atoms with Crippen LogP contribution >= 0.6 is 17.0 Å². The second kappa shape index (κ2) is 9.72. The maximum atomic E-state index is 13.3. The lowest BCUT2D eigenvalue weighted by molar-refractivity contribution is 0.196. The first-order valence-corrected chi connectivity index (χ1v) is 10.8. The zero-order chi connectivity index (χ0) is 20.3. The van der Waals surface area contributed by atoms with Crippen molar-refractivity contribution < 1.29 is 13.2 Å². The molecule has 8 heteroatoms. The molecule has 1 heterocycles. The monoisotopic (exact) mass is 479 g/mol. The van der Waals surface area contributed by atoms with Crippen LogP contribution in [0.15, 0.2) is 41.3 Å². The Labute approximate surface area is 183 Å². The molecule has 1 saturated heterocycles. The summed E-state index contributed by atoms with van der Waals surface area (Å²) < 4.78 is 34.1. The smallest absolute Gasteiger partial charge is 0.246 e. The number of sulfonamides is 1. The molecule has 1 fully saturated rings. The van der Waals surface area contributed by atoms with E-state index in [0.717, 1.165) is 17.7 Å². The first-order valence-electron chi connectivity index (χ1n) is 9.36. The van der Waals surface area contributed by atoms with Gasteiger partial charge in [-0.15, -0.1) is 17.0 Å². The number of hydrogen-bond acceptors (Lipinski definition) is 5. The third-order valence-corrected chi connectivity index (χ3v) is 6.81. The molecule has 156 valence electrons. The first-order chi connectivity index (χ1) is 13.3. The van der Waals surface area contributed by atoms with Crippen LogP contribution in [-0.2, 0) is 10.0 Å². The summed E-state index contributed by atoms with van der Waals surface area (Å²) in [5, 5.41) is 9.25. The molecule has 3 rings (SSSR count). The molecule has 0 saturated carbocycles.